The molecule has 1 aliphatic heterocycles. The molecule has 2 N–H and O–H groups in total. The lowest BCUT2D eigenvalue weighted by molar-refractivity contribution is 0.518. The van der Waals surface area contributed by atoms with Gasteiger partial charge >= 0.3 is 0 Å². The molecule has 0 bridgehead atoms. The van der Waals surface area contributed by atoms with E-state index in [1.54, 1.807) is 0 Å². The van der Waals surface area contributed by atoms with Gasteiger partial charge in [0.1, 0.15) is 0 Å². The van der Waals surface area contributed by atoms with E-state index in [1.807, 2.05) is 7.05 Å². The molecule has 0 fully saturated rings. The second-order valence-corrected chi connectivity index (χ2v) is 4.13. The molecule has 76 valence electrons. The Morgan fingerprint density at radius 1 is 1.50 bits per heavy atom. The minimum atomic E-state index is 0.585. The molecule has 0 spiro atoms. The van der Waals surface area contributed by atoms with Gasteiger partial charge in [-0.3, -0.25) is 0 Å². The lowest BCUT2D eigenvalue weighted by atomic mass is 10.0. The van der Waals surface area contributed by atoms with E-state index in [-0.39, 0.29) is 0 Å². The van der Waals surface area contributed by atoms with Gasteiger partial charge in [0, 0.05) is 17.8 Å². The van der Waals surface area contributed by atoms with E-state index in [4.69, 9.17) is 0 Å². The third-order valence-electron chi connectivity index (χ3n) is 2.97. The number of hydrogen-bond acceptors (Lipinski definition) is 2. The molecule has 0 aliphatic carbocycles. The van der Waals surface area contributed by atoms with Crippen molar-refractivity contribution in [2.75, 3.05) is 12.4 Å². The largest absolute Gasteiger partial charge is 0.382 e. The number of nitrogens with one attached hydrogen (secondary N) is 2. The second-order valence-electron chi connectivity index (χ2n) is 4.13. The van der Waals surface area contributed by atoms with Gasteiger partial charge in [-0.1, -0.05) is 18.2 Å². The maximum atomic E-state index is 3.56. The molecule has 1 aromatic rings. The standard InChI is InChI=1S/C12H18N2/c1-9(13-2)7-11-8-10-5-3-4-6-12(10)14-11/h3-6,9,11,13-14H,7-8H2,1-2H3. The molecule has 1 aromatic carbocycles. The van der Waals surface area contributed by atoms with Gasteiger partial charge in [-0.15, -0.1) is 0 Å². The summed E-state index contributed by atoms with van der Waals surface area (Å²) in [6.45, 7) is 2.23. The van der Waals surface area contributed by atoms with Crippen LogP contribution in [0.5, 0.6) is 0 Å². The van der Waals surface area contributed by atoms with Crippen LogP contribution in [0.3, 0.4) is 0 Å². The number of rotatable bonds is 3. The zero-order valence-corrected chi connectivity index (χ0v) is 8.88. The van der Waals surface area contributed by atoms with E-state index in [9.17, 15) is 0 Å². The summed E-state index contributed by atoms with van der Waals surface area (Å²) in [6.07, 6.45) is 2.35. The third kappa shape index (κ3) is 1.90. The van der Waals surface area contributed by atoms with Crippen molar-refractivity contribution in [2.24, 2.45) is 0 Å². The summed E-state index contributed by atoms with van der Waals surface area (Å²) >= 11 is 0. The minimum absolute atomic E-state index is 0.585. The Bertz CT molecular complexity index is 284. The zero-order valence-electron chi connectivity index (χ0n) is 8.88. The molecule has 0 saturated carbocycles. The molecule has 0 saturated heterocycles. The van der Waals surface area contributed by atoms with Crippen molar-refractivity contribution in [2.45, 2.75) is 31.8 Å². The van der Waals surface area contributed by atoms with Crippen molar-refractivity contribution in [1.29, 1.82) is 0 Å². The first kappa shape index (κ1) is 9.53. The number of anilines is 1. The summed E-state index contributed by atoms with van der Waals surface area (Å²) in [6, 6.07) is 9.78. The molecule has 1 aliphatic rings. The van der Waals surface area contributed by atoms with Gasteiger partial charge in [0.15, 0.2) is 0 Å². The fourth-order valence-electron chi connectivity index (χ4n) is 2.06. The first-order chi connectivity index (χ1) is 6.79. The lowest BCUT2D eigenvalue weighted by Crippen LogP contribution is -2.29. The van der Waals surface area contributed by atoms with Crippen LogP contribution in [-0.2, 0) is 6.42 Å². The summed E-state index contributed by atoms with van der Waals surface area (Å²) in [4.78, 5) is 0. The zero-order chi connectivity index (χ0) is 9.97. The second kappa shape index (κ2) is 4.01. The first-order valence-corrected chi connectivity index (χ1v) is 5.31. The van der Waals surface area contributed by atoms with Crippen molar-refractivity contribution in [3.8, 4) is 0 Å². The molecule has 2 rings (SSSR count). The highest BCUT2D eigenvalue weighted by Crippen LogP contribution is 2.26. The van der Waals surface area contributed by atoms with Crippen LogP contribution in [0.2, 0.25) is 0 Å². The third-order valence-corrected chi connectivity index (χ3v) is 2.97. The maximum absolute atomic E-state index is 3.56. The molecule has 2 nitrogen and oxygen atoms in total. The topological polar surface area (TPSA) is 24.1 Å². The highest BCUT2D eigenvalue weighted by Gasteiger charge is 2.20. The number of fused-ring (bicyclic) bond motifs is 1. The minimum Gasteiger partial charge on any atom is -0.382 e. The predicted octanol–water partition coefficient (Wildman–Crippen LogP) is 2.02. The van der Waals surface area contributed by atoms with Crippen LogP contribution in [0.15, 0.2) is 24.3 Å². The van der Waals surface area contributed by atoms with Gasteiger partial charge in [-0.25, -0.2) is 0 Å². The Kier molecular flexibility index (Phi) is 2.73. The molecular weight excluding hydrogens is 172 g/mol. The molecule has 2 heteroatoms. The number of hydrogen-bond donors (Lipinski definition) is 2. The summed E-state index contributed by atoms with van der Waals surface area (Å²) in [5.41, 5.74) is 2.78. The summed E-state index contributed by atoms with van der Waals surface area (Å²) < 4.78 is 0. The van der Waals surface area contributed by atoms with E-state index in [1.165, 1.54) is 24.1 Å². The first-order valence-electron chi connectivity index (χ1n) is 5.31. The van der Waals surface area contributed by atoms with Crippen molar-refractivity contribution in [3.05, 3.63) is 29.8 Å². The molecule has 2 unspecified atom stereocenters. The predicted molar refractivity (Wildman–Crippen MR) is 60.7 cm³/mol. The Balaban J connectivity index is 1.98. The van der Waals surface area contributed by atoms with Crippen LogP contribution in [0.4, 0.5) is 5.69 Å². The van der Waals surface area contributed by atoms with Gasteiger partial charge in [-0.05, 0) is 38.4 Å². The quantitative estimate of drug-likeness (QED) is 0.762. The smallest absolute Gasteiger partial charge is 0.0375 e. The van der Waals surface area contributed by atoms with Crippen LogP contribution in [0.1, 0.15) is 18.9 Å². The summed E-state index contributed by atoms with van der Waals surface area (Å²) in [5.74, 6) is 0. The number of para-hydroxylation sites is 1. The van der Waals surface area contributed by atoms with E-state index in [2.05, 4.69) is 41.8 Å². The van der Waals surface area contributed by atoms with Crippen LogP contribution in [0, 0.1) is 0 Å². The monoisotopic (exact) mass is 190 g/mol. The van der Waals surface area contributed by atoms with Crippen LogP contribution in [-0.4, -0.2) is 19.1 Å². The Morgan fingerprint density at radius 3 is 3.00 bits per heavy atom. The average molecular weight is 190 g/mol. The van der Waals surface area contributed by atoms with Crippen LogP contribution >= 0.6 is 0 Å². The maximum Gasteiger partial charge on any atom is 0.0375 e. The average Bonchev–Trinajstić information content (AvgIpc) is 2.59. The van der Waals surface area contributed by atoms with Gasteiger partial charge in [0.05, 0.1) is 0 Å². The Hall–Kier alpha value is -1.02. The summed E-state index contributed by atoms with van der Waals surface area (Å²) in [5, 5.41) is 6.84. The SMILES string of the molecule is CNC(C)CC1Cc2ccccc2N1. The fraction of sp³-hybridized carbons (Fsp3) is 0.500. The van der Waals surface area contributed by atoms with Crippen LogP contribution in [0.25, 0.3) is 0 Å². The van der Waals surface area contributed by atoms with E-state index in [0.717, 1.165) is 0 Å². The fourth-order valence-corrected chi connectivity index (χ4v) is 2.06. The van der Waals surface area contributed by atoms with Gasteiger partial charge in [0.2, 0.25) is 0 Å². The van der Waals surface area contributed by atoms with E-state index >= 15 is 0 Å². The molecule has 14 heavy (non-hydrogen) atoms. The van der Waals surface area contributed by atoms with Crippen molar-refractivity contribution >= 4 is 5.69 Å². The Labute approximate surface area is 85.7 Å². The van der Waals surface area contributed by atoms with E-state index < -0.39 is 0 Å². The number of benzene rings is 1. The molecule has 2 atom stereocenters. The van der Waals surface area contributed by atoms with Crippen molar-refractivity contribution < 1.29 is 0 Å². The highest BCUT2D eigenvalue weighted by molar-refractivity contribution is 5.56. The molecule has 0 aromatic heterocycles. The lowest BCUT2D eigenvalue weighted by Gasteiger charge is -2.16. The molecular formula is C12H18N2. The van der Waals surface area contributed by atoms with Crippen molar-refractivity contribution in [1.82, 2.24) is 5.32 Å². The van der Waals surface area contributed by atoms with E-state index in [0.29, 0.717) is 12.1 Å². The molecule has 1 heterocycles. The van der Waals surface area contributed by atoms with Gasteiger partial charge in [-0.2, -0.15) is 0 Å². The molecule has 0 radical (unpaired) electrons. The normalized spacial score (nSPS) is 21.4. The summed E-state index contributed by atoms with van der Waals surface area (Å²) in [7, 11) is 2.02. The van der Waals surface area contributed by atoms with Crippen molar-refractivity contribution in [3.63, 3.8) is 0 Å². The molecule has 0 amide bonds. The van der Waals surface area contributed by atoms with Gasteiger partial charge in [0.25, 0.3) is 0 Å². The Morgan fingerprint density at radius 2 is 2.29 bits per heavy atom. The highest BCUT2D eigenvalue weighted by atomic mass is 15.0. The van der Waals surface area contributed by atoms with Gasteiger partial charge < -0.3 is 10.6 Å². The van der Waals surface area contributed by atoms with Crippen LogP contribution < -0.4 is 10.6 Å².